The van der Waals surface area contributed by atoms with Crippen LogP contribution in [-0.2, 0) is 16.1 Å². The topological polar surface area (TPSA) is 91.1 Å². The molecule has 0 N–H and O–H groups in total. The average Bonchev–Trinajstić information content (AvgIpc) is 2.70. The van der Waals surface area contributed by atoms with Gasteiger partial charge in [-0.2, -0.15) is 0 Å². The molecule has 1 saturated heterocycles. The number of rotatable bonds is 6. The fraction of sp³-hybridized carbons (Fsp3) is 0.316. The molecule has 2 aromatic carbocycles. The molecular formula is C19H20N2O6. The van der Waals surface area contributed by atoms with Crippen LogP contribution in [-0.4, -0.2) is 43.1 Å². The summed E-state index contributed by atoms with van der Waals surface area (Å²) in [7, 11) is 3.15. The van der Waals surface area contributed by atoms with Crippen molar-refractivity contribution >= 4 is 11.6 Å². The van der Waals surface area contributed by atoms with Gasteiger partial charge in [-0.05, 0) is 29.8 Å². The van der Waals surface area contributed by atoms with Gasteiger partial charge in [-0.15, -0.1) is 0 Å². The van der Waals surface area contributed by atoms with Crippen LogP contribution >= 0.6 is 0 Å². The van der Waals surface area contributed by atoms with Crippen LogP contribution in [0.5, 0.6) is 11.5 Å². The number of nitro benzene ring substituents is 1. The van der Waals surface area contributed by atoms with Gasteiger partial charge in [-0.1, -0.05) is 0 Å². The van der Waals surface area contributed by atoms with E-state index in [0.29, 0.717) is 24.6 Å². The molecule has 3 rings (SSSR count). The minimum atomic E-state index is -0.447. The molecule has 0 bridgehead atoms. The molecule has 8 heteroatoms. The third-order valence-electron chi connectivity index (χ3n) is 4.48. The molecule has 1 atom stereocenters. The Labute approximate surface area is 156 Å². The summed E-state index contributed by atoms with van der Waals surface area (Å²) in [5.74, 6) is 1.19. The zero-order valence-corrected chi connectivity index (χ0v) is 15.1. The van der Waals surface area contributed by atoms with Crippen molar-refractivity contribution in [1.29, 1.82) is 0 Å². The van der Waals surface area contributed by atoms with E-state index in [2.05, 4.69) is 0 Å². The molecule has 0 aliphatic carbocycles. The van der Waals surface area contributed by atoms with Crippen LogP contribution < -0.4 is 9.47 Å². The minimum absolute atomic E-state index is 0.0189. The zero-order chi connectivity index (χ0) is 19.4. The van der Waals surface area contributed by atoms with Crippen molar-refractivity contribution in [2.75, 3.05) is 27.4 Å². The number of carbonyl (C=O) groups excluding carboxylic acids is 1. The number of carbonyl (C=O) groups is 1. The Balaban J connectivity index is 1.76. The predicted molar refractivity (Wildman–Crippen MR) is 96.8 cm³/mol. The standard InChI is InChI=1S/C19H20N2O6/c1-25-16-8-5-14(17(9-16)26-2)10-20-11-18(27-12-19(20)22)13-3-6-15(7-4-13)21(23)24/h3-9,18H,10-12H2,1-2H3/t18-/m1/s1. The first-order valence-electron chi connectivity index (χ1n) is 8.36. The fourth-order valence-electron chi connectivity index (χ4n) is 2.97. The van der Waals surface area contributed by atoms with Gasteiger partial charge >= 0.3 is 0 Å². The molecule has 1 aliphatic heterocycles. The van der Waals surface area contributed by atoms with E-state index in [0.717, 1.165) is 11.1 Å². The van der Waals surface area contributed by atoms with Gasteiger partial charge in [0.15, 0.2) is 0 Å². The lowest BCUT2D eigenvalue weighted by Crippen LogP contribution is -2.42. The Hall–Kier alpha value is -3.13. The predicted octanol–water partition coefficient (Wildman–Crippen LogP) is 2.71. The van der Waals surface area contributed by atoms with Gasteiger partial charge in [0.1, 0.15) is 24.2 Å². The Morgan fingerprint density at radius 3 is 2.56 bits per heavy atom. The number of morpholine rings is 1. The van der Waals surface area contributed by atoms with Crippen LogP contribution in [0.1, 0.15) is 17.2 Å². The van der Waals surface area contributed by atoms with Crippen LogP contribution in [0.25, 0.3) is 0 Å². The van der Waals surface area contributed by atoms with Gasteiger partial charge in [0.05, 0.1) is 25.7 Å². The lowest BCUT2D eigenvalue weighted by molar-refractivity contribution is -0.384. The van der Waals surface area contributed by atoms with Crippen LogP contribution in [0.3, 0.4) is 0 Å². The number of benzene rings is 2. The number of non-ortho nitro benzene ring substituents is 1. The number of nitrogens with zero attached hydrogens (tertiary/aromatic N) is 2. The molecule has 0 radical (unpaired) electrons. The minimum Gasteiger partial charge on any atom is -0.497 e. The first kappa shape index (κ1) is 18.7. The molecular weight excluding hydrogens is 352 g/mol. The SMILES string of the molecule is COc1ccc(CN2C[C@H](c3ccc([N+](=O)[O-])cc3)OCC2=O)c(OC)c1. The quantitative estimate of drug-likeness (QED) is 0.572. The van der Waals surface area contributed by atoms with Gasteiger partial charge in [0.25, 0.3) is 5.69 Å². The van der Waals surface area contributed by atoms with Gasteiger partial charge in [-0.25, -0.2) is 0 Å². The van der Waals surface area contributed by atoms with E-state index < -0.39 is 4.92 Å². The number of methoxy groups -OCH3 is 2. The van der Waals surface area contributed by atoms with E-state index in [1.807, 2.05) is 12.1 Å². The first-order valence-corrected chi connectivity index (χ1v) is 8.36. The Morgan fingerprint density at radius 2 is 1.93 bits per heavy atom. The normalized spacial score (nSPS) is 16.9. The van der Waals surface area contributed by atoms with Crippen molar-refractivity contribution in [2.45, 2.75) is 12.6 Å². The largest absolute Gasteiger partial charge is 0.497 e. The molecule has 1 fully saturated rings. The summed E-state index contributed by atoms with van der Waals surface area (Å²) in [5, 5.41) is 10.8. The Bertz CT molecular complexity index is 837. The molecule has 0 aromatic heterocycles. The highest BCUT2D eigenvalue weighted by atomic mass is 16.6. The van der Waals surface area contributed by atoms with Gasteiger partial charge in [0.2, 0.25) is 5.91 Å². The third kappa shape index (κ3) is 4.17. The highest BCUT2D eigenvalue weighted by molar-refractivity contribution is 5.78. The molecule has 0 saturated carbocycles. The number of hydrogen-bond acceptors (Lipinski definition) is 6. The summed E-state index contributed by atoms with van der Waals surface area (Å²) in [6, 6.07) is 11.6. The lowest BCUT2D eigenvalue weighted by atomic mass is 10.1. The highest BCUT2D eigenvalue weighted by Gasteiger charge is 2.28. The summed E-state index contributed by atoms with van der Waals surface area (Å²) in [4.78, 5) is 24.3. The van der Waals surface area contributed by atoms with Crippen molar-refractivity contribution in [3.8, 4) is 11.5 Å². The zero-order valence-electron chi connectivity index (χ0n) is 15.1. The van der Waals surface area contributed by atoms with Crippen LogP contribution in [0.4, 0.5) is 5.69 Å². The Kier molecular flexibility index (Phi) is 5.56. The molecule has 1 amide bonds. The second-order valence-electron chi connectivity index (χ2n) is 6.10. The second-order valence-corrected chi connectivity index (χ2v) is 6.10. The number of nitro groups is 1. The molecule has 142 valence electrons. The lowest BCUT2D eigenvalue weighted by Gasteiger charge is -2.33. The first-order chi connectivity index (χ1) is 13.0. The van der Waals surface area contributed by atoms with Crippen molar-refractivity contribution < 1.29 is 23.9 Å². The summed E-state index contributed by atoms with van der Waals surface area (Å²) in [5.41, 5.74) is 1.67. The van der Waals surface area contributed by atoms with E-state index in [1.165, 1.54) is 12.1 Å². The maximum absolute atomic E-state index is 12.3. The second kappa shape index (κ2) is 8.05. The van der Waals surface area contributed by atoms with E-state index in [-0.39, 0.29) is 24.3 Å². The summed E-state index contributed by atoms with van der Waals surface area (Å²) in [6.45, 7) is 0.685. The molecule has 27 heavy (non-hydrogen) atoms. The summed E-state index contributed by atoms with van der Waals surface area (Å²) < 4.78 is 16.2. The maximum Gasteiger partial charge on any atom is 0.269 e. The van der Waals surface area contributed by atoms with Gasteiger partial charge in [-0.3, -0.25) is 14.9 Å². The van der Waals surface area contributed by atoms with E-state index in [4.69, 9.17) is 14.2 Å². The average molecular weight is 372 g/mol. The molecule has 1 heterocycles. The van der Waals surface area contributed by atoms with E-state index in [1.54, 1.807) is 37.3 Å². The molecule has 0 spiro atoms. The van der Waals surface area contributed by atoms with Crippen molar-refractivity contribution in [3.63, 3.8) is 0 Å². The summed E-state index contributed by atoms with van der Waals surface area (Å²) in [6.07, 6.45) is -0.340. The number of amides is 1. The van der Waals surface area contributed by atoms with Crippen LogP contribution in [0.2, 0.25) is 0 Å². The number of ether oxygens (including phenoxy) is 3. The Morgan fingerprint density at radius 1 is 1.19 bits per heavy atom. The van der Waals surface area contributed by atoms with E-state index in [9.17, 15) is 14.9 Å². The monoisotopic (exact) mass is 372 g/mol. The number of hydrogen-bond donors (Lipinski definition) is 0. The van der Waals surface area contributed by atoms with Crippen molar-refractivity contribution in [1.82, 2.24) is 4.90 Å². The fourth-order valence-corrected chi connectivity index (χ4v) is 2.97. The summed E-state index contributed by atoms with van der Waals surface area (Å²) >= 11 is 0. The van der Waals surface area contributed by atoms with Crippen molar-refractivity contribution in [3.05, 3.63) is 63.7 Å². The molecule has 2 aromatic rings. The molecule has 8 nitrogen and oxygen atoms in total. The van der Waals surface area contributed by atoms with Crippen LogP contribution in [0, 0.1) is 10.1 Å². The van der Waals surface area contributed by atoms with Gasteiger partial charge < -0.3 is 19.1 Å². The van der Waals surface area contributed by atoms with Gasteiger partial charge in [0, 0.05) is 30.3 Å². The van der Waals surface area contributed by atoms with Crippen LogP contribution in [0.15, 0.2) is 42.5 Å². The van der Waals surface area contributed by atoms with E-state index >= 15 is 0 Å². The maximum atomic E-state index is 12.3. The third-order valence-corrected chi connectivity index (χ3v) is 4.48. The highest BCUT2D eigenvalue weighted by Crippen LogP contribution is 2.29. The smallest absolute Gasteiger partial charge is 0.269 e. The molecule has 1 aliphatic rings. The molecule has 0 unspecified atom stereocenters. The van der Waals surface area contributed by atoms with Crippen molar-refractivity contribution in [2.24, 2.45) is 0 Å².